The molecule has 0 heterocycles. The first-order valence-electron chi connectivity index (χ1n) is 5.03. The Balaban J connectivity index is 2.39. The van der Waals surface area contributed by atoms with Crippen LogP contribution in [0.5, 0.6) is 11.5 Å². The van der Waals surface area contributed by atoms with Gasteiger partial charge in [-0.2, -0.15) is 9.65 Å². The zero-order valence-electron chi connectivity index (χ0n) is 9.25. The third-order valence-corrected chi connectivity index (χ3v) is 3.32. The lowest BCUT2D eigenvalue weighted by Crippen LogP contribution is -1.93. The average molecular weight is 389 g/mol. The van der Waals surface area contributed by atoms with Gasteiger partial charge < -0.3 is 4.74 Å². The van der Waals surface area contributed by atoms with Crippen LogP contribution in [-0.2, 0) is 0 Å². The van der Waals surface area contributed by atoms with E-state index < -0.39 is 11.6 Å². The van der Waals surface area contributed by atoms with E-state index in [1.165, 1.54) is 24.3 Å². The summed E-state index contributed by atoms with van der Waals surface area (Å²) in [4.78, 5) is 0. The first-order valence-corrected chi connectivity index (χ1v) is 6.62. The van der Waals surface area contributed by atoms with Gasteiger partial charge in [0.2, 0.25) is 5.82 Å². The Labute approximate surface area is 124 Å². The van der Waals surface area contributed by atoms with E-state index in [-0.39, 0.29) is 11.5 Å². The summed E-state index contributed by atoms with van der Waals surface area (Å²) in [6.07, 6.45) is 0. The quantitative estimate of drug-likeness (QED) is 0.666. The van der Waals surface area contributed by atoms with Crippen LogP contribution in [0.1, 0.15) is 5.56 Å². The van der Waals surface area contributed by atoms with Crippen molar-refractivity contribution in [1.29, 1.82) is 5.26 Å². The second-order valence-electron chi connectivity index (χ2n) is 3.56. The Kier molecular flexibility index (Phi) is 4.17. The van der Waals surface area contributed by atoms with Gasteiger partial charge in [-0.05, 0) is 46.3 Å². The van der Waals surface area contributed by atoms with Gasteiger partial charge in [0.25, 0.3) is 0 Å². The second kappa shape index (κ2) is 5.68. The van der Waals surface area contributed by atoms with Crippen LogP contribution in [0.25, 0.3) is 0 Å². The summed E-state index contributed by atoms with van der Waals surface area (Å²) in [5.41, 5.74) is 0.431. The molecule has 2 nitrogen and oxygen atoms in total. The van der Waals surface area contributed by atoms with Crippen molar-refractivity contribution in [3.63, 3.8) is 0 Å². The standard InChI is InChI=1S/C13H5Br2F2NO/c14-8-4-10(16)13(17)12(5-8)19-11-2-1-7(6-18)3-9(11)15/h1-5H. The van der Waals surface area contributed by atoms with Gasteiger partial charge in [-0.25, -0.2) is 4.39 Å². The monoisotopic (exact) mass is 387 g/mol. The van der Waals surface area contributed by atoms with Crippen molar-refractivity contribution in [2.45, 2.75) is 0 Å². The molecule has 19 heavy (non-hydrogen) atoms. The smallest absolute Gasteiger partial charge is 0.201 e. The third kappa shape index (κ3) is 3.11. The van der Waals surface area contributed by atoms with E-state index in [0.29, 0.717) is 14.5 Å². The average Bonchev–Trinajstić information content (AvgIpc) is 2.37. The maximum Gasteiger partial charge on any atom is 0.201 e. The van der Waals surface area contributed by atoms with Crippen molar-refractivity contribution < 1.29 is 13.5 Å². The number of hydrogen-bond donors (Lipinski definition) is 0. The Morgan fingerprint density at radius 3 is 2.42 bits per heavy atom. The fourth-order valence-electron chi connectivity index (χ4n) is 1.38. The third-order valence-electron chi connectivity index (χ3n) is 2.24. The minimum Gasteiger partial charge on any atom is -0.453 e. The minimum atomic E-state index is -1.07. The number of nitrogens with zero attached hydrogens (tertiary/aromatic N) is 1. The highest BCUT2D eigenvalue weighted by atomic mass is 79.9. The minimum absolute atomic E-state index is 0.239. The summed E-state index contributed by atoms with van der Waals surface area (Å²) < 4.78 is 32.9. The molecule has 0 aliphatic heterocycles. The first kappa shape index (κ1) is 14.0. The molecule has 0 unspecified atom stereocenters. The highest BCUT2D eigenvalue weighted by Gasteiger charge is 2.13. The molecule has 2 aromatic carbocycles. The lowest BCUT2D eigenvalue weighted by molar-refractivity contribution is 0.414. The van der Waals surface area contributed by atoms with E-state index in [1.807, 2.05) is 6.07 Å². The van der Waals surface area contributed by atoms with E-state index >= 15 is 0 Å². The van der Waals surface area contributed by atoms with E-state index in [0.717, 1.165) is 6.07 Å². The van der Waals surface area contributed by atoms with Crippen LogP contribution in [0.3, 0.4) is 0 Å². The maximum absolute atomic E-state index is 13.6. The van der Waals surface area contributed by atoms with Gasteiger partial charge in [-0.3, -0.25) is 0 Å². The summed E-state index contributed by atoms with van der Waals surface area (Å²) in [6.45, 7) is 0. The molecular formula is C13H5Br2F2NO. The molecule has 0 saturated carbocycles. The predicted molar refractivity (Wildman–Crippen MR) is 73.0 cm³/mol. The summed E-state index contributed by atoms with van der Waals surface area (Å²) in [6, 6.07) is 8.84. The maximum atomic E-state index is 13.6. The fourth-order valence-corrected chi connectivity index (χ4v) is 2.25. The van der Waals surface area contributed by atoms with Gasteiger partial charge in [0.05, 0.1) is 16.1 Å². The molecule has 0 aliphatic rings. The Bertz CT molecular complexity index is 683. The zero-order valence-corrected chi connectivity index (χ0v) is 12.4. The van der Waals surface area contributed by atoms with Gasteiger partial charge in [0.15, 0.2) is 11.6 Å². The predicted octanol–water partition coefficient (Wildman–Crippen LogP) is 5.15. The molecule has 0 aliphatic carbocycles. The molecule has 0 bridgehead atoms. The molecule has 0 amide bonds. The van der Waals surface area contributed by atoms with Crippen LogP contribution in [0.15, 0.2) is 39.3 Å². The summed E-state index contributed by atoms with van der Waals surface area (Å²) >= 11 is 6.26. The van der Waals surface area contributed by atoms with Crippen LogP contribution in [0, 0.1) is 23.0 Å². The number of ether oxygens (including phenoxy) is 1. The Hall–Kier alpha value is -1.45. The molecule has 2 rings (SSSR count). The first-order chi connectivity index (χ1) is 9.01. The summed E-state index contributed by atoms with van der Waals surface area (Å²) in [5.74, 6) is -2.03. The van der Waals surface area contributed by atoms with Crippen LogP contribution in [0.4, 0.5) is 8.78 Å². The van der Waals surface area contributed by atoms with Crippen molar-refractivity contribution in [3.8, 4) is 17.6 Å². The molecule has 2 aromatic rings. The molecule has 0 aromatic heterocycles. The molecule has 0 atom stereocenters. The van der Waals surface area contributed by atoms with Crippen LogP contribution in [0.2, 0.25) is 0 Å². The molecule has 0 radical (unpaired) electrons. The number of benzene rings is 2. The van der Waals surface area contributed by atoms with Gasteiger partial charge in [0, 0.05) is 4.47 Å². The number of rotatable bonds is 2. The van der Waals surface area contributed by atoms with E-state index in [2.05, 4.69) is 31.9 Å². The molecule has 0 spiro atoms. The van der Waals surface area contributed by atoms with Crippen molar-refractivity contribution in [1.82, 2.24) is 0 Å². The number of nitriles is 1. The fraction of sp³-hybridized carbons (Fsp3) is 0. The van der Waals surface area contributed by atoms with E-state index in [1.54, 1.807) is 0 Å². The Morgan fingerprint density at radius 1 is 1.05 bits per heavy atom. The lowest BCUT2D eigenvalue weighted by Gasteiger charge is -2.09. The highest BCUT2D eigenvalue weighted by Crippen LogP contribution is 2.34. The molecule has 96 valence electrons. The molecule has 0 saturated heterocycles. The van der Waals surface area contributed by atoms with E-state index in [4.69, 9.17) is 10.00 Å². The van der Waals surface area contributed by atoms with Gasteiger partial charge >= 0.3 is 0 Å². The summed E-state index contributed by atoms with van der Waals surface area (Å²) in [5, 5.41) is 8.73. The highest BCUT2D eigenvalue weighted by molar-refractivity contribution is 9.10. The number of halogens is 4. The lowest BCUT2D eigenvalue weighted by atomic mass is 10.2. The van der Waals surface area contributed by atoms with Crippen molar-refractivity contribution in [2.24, 2.45) is 0 Å². The van der Waals surface area contributed by atoms with Crippen LogP contribution < -0.4 is 4.74 Å². The van der Waals surface area contributed by atoms with Crippen molar-refractivity contribution in [3.05, 3.63) is 56.5 Å². The summed E-state index contributed by atoms with van der Waals surface area (Å²) in [7, 11) is 0. The van der Waals surface area contributed by atoms with Crippen molar-refractivity contribution in [2.75, 3.05) is 0 Å². The van der Waals surface area contributed by atoms with Gasteiger partial charge in [-0.15, -0.1) is 0 Å². The molecule has 0 N–H and O–H groups in total. The van der Waals surface area contributed by atoms with Gasteiger partial charge in [0.1, 0.15) is 5.75 Å². The molecule has 0 fully saturated rings. The Morgan fingerprint density at radius 2 is 1.79 bits per heavy atom. The van der Waals surface area contributed by atoms with Crippen molar-refractivity contribution >= 4 is 31.9 Å². The normalized spacial score (nSPS) is 10.1. The number of hydrogen-bond acceptors (Lipinski definition) is 2. The zero-order chi connectivity index (χ0) is 14.0. The van der Waals surface area contributed by atoms with Gasteiger partial charge in [-0.1, -0.05) is 15.9 Å². The second-order valence-corrected chi connectivity index (χ2v) is 5.33. The van der Waals surface area contributed by atoms with E-state index in [9.17, 15) is 8.78 Å². The van der Waals surface area contributed by atoms with Crippen LogP contribution >= 0.6 is 31.9 Å². The topological polar surface area (TPSA) is 33.0 Å². The largest absolute Gasteiger partial charge is 0.453 e. The SMILES string of the molecule is N#Cc1ccc(Oc2cc(Br)cc(F)c2F)c(Br)c1. The van der Waals surface area contributed by atoms with Crippen LogP contribution in [-0.4, -0.2) is 0 Å². The molecule has 6 heteroatoms. The molecular weight excluding hydrogens is 384 g/mol.